The van der Waals surface area contributed by atoms with Crippen molar-refractivity contribution in [2.45, 2.75) is 19.8 Å². The zero-order chi connectivity index (χ0) is 14.7. The molecule has 0 amide bonds. The normalized spacial score (nSPS) is 10.9. The van der Waals surface area contributed by atoms with Crippen molar-refractivity contribution < 1.29 is 0 Å². The summed E-state index contributed by atoms with van der Waals surface area (Å²) >= 11 is 0. The van der Waals surface area contributed by atoms with Crippen LogP contribution in [0.5, 0.6) is 0 Å². The molecule has 0 saturated carbocycles. The van der Waals surface area contributed by atoms with Crippen molar-refractivity contribution in [1.29, 1.82) is 0 Å². The van der Waals surface area contributed by atoms with Crippen LogP contribution in [-0.4, -0.2) is 21.7 Å². The van der Waals surface area contributed by atoms with E-state index >= 15 is 0 Å². The number of aromatic nitrogens is 3. The Hall–Kier alpha value is -2.56. The number of hydrogen-bond acceptors (Lipinski definition) is 4. The topological polar surface area (TPSA) is 79.6 Å². The second-order valence-electron chi connectivity index (χ2n) is 5.17. The fraction of sp³-hybridized carbons (Fsp3) is 0.250. The summed E-state index contributed by atoms with van der Waals surface area (Å²) in [5, 5.41) is 12.5. The zero-order valence-electron chi connectivity index (χ0n) is 12.1. The quantitative estimate of drug-likeness (QED) is 0.496. The molecule has 2 heterocycles. The monoisotopic (exact) mass is 281 g/mol. The van der Waals surface area contributed by atoms with Gasteiger partial charge in [-0.05, 0) is 37.5 Å². The van der Waals surface area contributed by atoms with Crippen LogP contribution >= 0.6 is 0 Å². The van der Waals surface area contributed by atoms with E-state index in [1.807, 2.05) is 37.5 Å². The molecule has 0 saturated heterocycles. The maximum Gasteiger partial charge on any atom is 0.0630 e. The molecule has 108 valence electrons. The maximum absolute atomic E-state index is 6.21. The summed E-state index contributed by atoms with van der Waals surface area (Å²) in [6.45, 7) is 2.93. The second-order valence-corrected chi connectivity index (χ2v) is 5.17. The van der Waals surface area contributed by atoms with Crippen LogP contribution in [0.15, 0.2) is 36.8 Å². The van der Waals surface area contributed by atoms with Gasteiger partial charge in [-0.2, -0.15) is 5.10 Å². The average Bonchev–Trinajstić information content (AvgIpc) is 2.91. The van der Waals surface area contributed by atoms with E-state index in [-0.39, 0.29) is 0 Å². The van der Waals surface area contributed by atoms with Gasteiger partial charge in [-0.15, -0.1) is 0 Å². The number of aryl methyl sites for hydroxylation is 2. The fourth-order valence-corrected chi connectivity index (χ4v) is 2.48. The van der Waals surface area contributed by atoms with E-state index in [1.54, 1.807) is 6.20 Å². The van der Waals surface area contributed by atoms with Crippen molar-refractivity contribution >= 4 is 22.1 Å². The highest BCUT2D eigenvalue weighted by Gasteiger charge is 2.04. The number of rotatable bonds is 5. The molecule has 3 aromatic rings. The molecule has 3 rings (SSSR count). The van der Waals surface area contributed by atoms with Gasteiger partial charge in [0.25, 0.3) is 0 Å². The Morgan fingerprint density at radius 3 is 2.95 bits per heavy atom. The molecule has 1 aromatic carbocycles. The van der Waals surface area contributed by atoms with E-state index in [2.05, 4.69) is 20.5 Å². The van der Waals surface area contributed by atoms with Crippen molar-refractivity contribution in [2.24, 2.45) is 0 Å². The van der Waals surface area contributed by atoms with E-state index in [0.29, 0.717) is 0 Å². The molecular formula is C16H19N5. The van der Waals surface area contributed by atoms with Gasteiger partial charge in [0.15, 0.2) is 0 Å². The van der Waals surface area contributed by atoms with Gasteiger partial charge in [0.2, 0.25) is 0 Å². The molecule has 0 atom stereocenters. The maximum atomic E-state index is 6.21. The Bertz CT molecular complexity index is 747. The summed E-state index contributed by atoms with van der Waals surface area (Å²) in [6, 6.07) is 6.01. The van der Waals surface area contributed by atoms with Crippen molar-refractivity contribution in [3.8, 4) is 0 Å². The third-order valence-electron chi connectivity index (χ3n) is 3.73. The summed E-state index contributed by atoms with van der Waals surface area (Å²) in [6.07, 6.45) is 7.54. The molecule has 4 N–H and O–H groups in total. The highest BCUT2D eigenvalue weighted by molar-refractivity contribution is 5.98. The Balaban J connectivity index is 1.63. The number of fused-ring (bicyclic) bond motifs is 1. The molecule has 0 spiro atoms. The van der Waals surface area contributed by atoms with Gasteiger partial charge in [-0.1, -0.05) is 6.07 Å². The van der Waals surface area contributed by atoms with E-state index in [4.69, 9.17) is 5.73 Å². The molecule has 0 fully saturated rings. The minimum Gasteiger partial charge on any atom is -0.397 e. The second kappa shape index (κ2) is 5.83. The van der Waals surface area contributed by atoms with Crippen LogP contribution in [0.1, 0.15) is 17.7 Å². The van der Waals surface area contributed by atoms with Crippen LogP contribution in [0.2, 0.25) is 0 Å². The largest absolute Gasteiger partial charge is 0.397 e. The summed E-state index contributed by atoms with van der Waals surface area (Å²) < 4.78 is 0. The Kier molecular flexibility index (Phi) is 3.73. The molecule has 2 aromatic heterocycles. The standard InChI is InChI=1S/C16H19N5/c1-11-12(10-20-21-11)3-2-7-19-15-5-4-13-9-18-8-6-14(13)16(15)17/h4-6,8-10,19H,2-3,7,17H2,1H3,(H,20,21). The van der Waals surface area contributed by atoms with Crippen molar-refractivity contribution in [3.05, 3.63) is 48.0 Å². The van der Waals surface area contributed by atoms with Crippen LogP contribution < -0.4 is 11.1 Å². The molecule has 0 aliphatic carbocycles. The Labute approximate surface area is 123 Å². The summed E-state index contributed by atoms with van der Waals surface area (Å²) in [4.78, 5) is 4.11. The number of anilines is 2. The third kappa shape index (κ3) is 2.81. The SMILES string of the molecule is Cc1[nH]ncc1CCCNc1ccc2cnccc2c1N. The first-order chi connectivity index (χ1) is 10.3. The number of benzene rings is 1. The van der Waals surface area contributed by atoms with Gasteiger partial charge < -0.3 is 11.1 Å². The van der Waals surface area contributed by atoms with Gasteiger partial charge in [-0.3, -0.25) is 10.1 Å². The Morgan fingerprint density at radius 2 is 2.14 bits per heavy atom. The lowest BCUT2D eigenvalue weighted by atomic mass is 10.1. The van der Waals surface area contributed by atoms with Gasteiger partial charge in [-0.25, -0.2) is 0 Å². The molecule has 0 radical (unpaired) electrons. The minimum absolute atomic E-state index is 0.786. The van der Waals surface area contributed by atoms with Crippen LogP contribution in [0.25, 0.3) is 10.8 Å². The lowest BCUT2D eigenvalue weighted by Crippen LogP contribution is -2.05. The number of nitrogens with zero attached hydrogens (tertiary/aromatic N) is 2. The lowest BCUT2D eigenvalue weighted by molar-refractivity contribution is 0.858. The number of nitrogens with one attached hydrogen (secondary N) is 2. The van der Waals surface area contributed by atoms with Crippen molar-refractivity contribution in [1.82, 2.24) is 15.2 Å². The number of nitrogens with two attached hydrogens (primary N) is 1. The van der Waals surface area contributed by atoms with Crippen LogP contribution in [0, 0.1) is 6.92 Å². The smallest absolute Gasteiger partial charge is 0.0630 e. The zero-order valence-corrected chi connectivity index (χ0v) is 12.1. The van der Waals surface area contributed by atoms with Crippen LogP contribution in [-0.2, 0) is 6.42 Å². The predicted molar refractivity (Wildman–Crippen MR) is 86.3 cm³/mol. The van der Waals surface area contributed by atoms with E-state index in [9.17, 15) is 0 Å². The van der Waals surface area contributed by atoms with E-state index in [0.717, 1.165) is 47.2 Å². The molecule has 0 bridgehead atoms. The molecule has 0 aliphatic rings. The summed E-state index contributed by atoms with van der Waals surface area (Å²) in [5.41, 5.74) is 10.4. The van der Waals surface area contributed by atoms with Gasteiger partial charge in [0.1, 0.15) is 0 Å². The summed E-state index contributed by atoms with van der Waals surface area (Å²) in [7, 11) is 0. The Morgan fingerprint density at radius 1 is 1.24 bits per heavy atom. The van der Waals surface area contributed by atoms with Gasteiger partial charge in [0.05, 0.1) is 17.6 Å². The van der Waals surface area contributed by atoms with Gasteiger partial charge in [0, 0.05) is 35.4 Å². The molecule has 0 aliphatic heterocycles. The molecule has 21 heavy (non-hydrogen) atoms. The summed E-state index contributed by atoms with van der Waals surface area (Å²) in [5.74, 6) is 0. The number of aromatic amines is 1. The minimum atomic E-state index is 0.786. The lowest BCUT2D eigenvalue weighted by Gasteiger charge is -2.11. The number of hydrogen-bond donors (Lipinski definition) is 3. The molecule has 0 unspecified atom stereocenters. The van der Waals surface area contributed by atoms with E-state index < -0.39 is 0 Å². The number of pyridine rings is 1. The van der Waals surface area contributed by atoms with Gasteiger partial charge >= 0.3 is 0 Å². The van der Waals surface area contributed by atoms with Crippen LogP contribution in [0.3, 0.4) is 0 Å². The molecule has 5 nitrogen and oxygen atoms in total. The highest BCUT2D eigenvalue weighted by atomic mass is 15.1. The highest BCUT2D eigenvalue weighted by Crippen LogP contribution is 2.27. The fourth-order valence-electron chi connectivity index (χ4n) is 2.48. The van der Waals surface area contributed by atoms with Crippen molar-refractivity contribution in [3.63, 3.8) is 0 Å². The third-order valence-corrected chi connectivity index (χ3v) is 3.73. The molecule has 5 heteroatoms. The number of H-pyrrole nitrogens is 1. The first-order valence-corrected chi connectivity index (χ1v) is 7.10. The predicted octanol–water partition coefficient (Wildman–Crippen LogP) is 2.89. The average molecular weight is 281 g/mol. The van der Waals surface area contributed by atoms with E-state index in [1.165, 1.54) is 5.56 Å². The van der Waals surface area contributed by atoms with Crippen molar-refractivity contribution in [2.75, 3.05) is 17.6 Å². The number of nitrogen functional groups attached to an aromatic ring is 1. The van der Waals surface area contributed by atoms with Crippen LogP contribution in [0.4, 0.5) is 11.4 Å². The molecular weight excluding hydrogens is 262 g/mol. The first kappa shape index (κ1) is 13.4. The first-order valence-electron chi connectivity index (χ1n) is 7.10.